The first-order valence-electron chi connectivity index (χ1n) is 5.59. The molecular formula is C12H12ClN3O. The number of nitrogens with zero attached hydrogens (tertiary/aromatic N) is 3. The molecule has 0 radical (unpaired) electrons. The number of hydrogen-bond acceptors (Lipinski definition) is 3. The number of aliphatic hydroxyl groups is 1. The highest BCUT2D eigenvalue weighted by Crippen LogP contribution is 2.29. The second-order valence-corrected chi connectivity index (χ2v) is 4.57. The first-order valence-corrected chi connectivity index (χ1v) is 5.97. The van der Waals surface area contributed by atoms with Gasteiger partial charge in [-0.15, -0.1) is 0 Å². The first kappa shape index (κ1) is 10.7. The summed E-state index contributed by atoms with van der Waals surface area (Å²) in [4.78, 5) is 8.37. The van der Waals surface area contributed by atoms with Crippen molar-refractivity contribution in [1.29, 1.82) is 0 Å². The zero-order valence-corrected chi connectivity index (χ0v) is 9.93. The van der Waals surface area contributed by atoms with E-state index in [0.717, 1.165) is 29.9 Å². The Bertz CT molecular complexity index is 538. The van der Waals surface area contributed by atoms with Crippen molar-refractivity contribution >= 4 is 11.6 Å². The van der Waals surface area contributed by atoms with Gasteiger partial charge in [-0.3, -0.25) is 4.98 Å². The van der Waals surface area contributed by atoms with E-state index < -0.39 is 0 Å². The predicted molar refractivity (Wildman–Crippen MR) is 64.8 cm³/mol. The van der Waals surface area contributed by atoms with Gasteiger partial charge in [0.25, 0.3) is 0 Å². The fraction of sp³-hybridized carbons (Fsp3) is 0.333. The summed E-state index contributed by atoms with van der Waals surface area (Å²) >= 11 is 6.13. The summed E-state index contributed by atoms with van der Waals surface area (Å²) < 4.78 is 2.01. The van der Waals surface area contributed by atoms with Crippen molar-refractivity contribution in [2.24, 2.45) is 0 Å². The van der Waals surface area contributed by atoms with Gasteiger partial charge in [-0.25, -0.2) is 4.98 Å². The monoisotopic (exact) mass is 249 g/mol. The number of hydrogen-bond donors (Lipinski definition) is 1. The summed E-state index contributed by atoms with van der Waals surface area (Å²) in [5, 5.41) is 10.3. The predicted octanol–water partition coefficient (Wildman–Crippen LogP) is 1.91. The van der Waals surface area contributed by atoms with Crippen LogP contribution in [0.25, 0.3) is 11.4 Å². The molecule has 0 bridgehead atoms. The zero-order valence-electron chi connectivity index (χ0n) is 9.17. The number of aliphatic hydroxyl groups excluding tert-OH is 1. The van der Waals surface area contributed by atoms with E-state index in [2.05, 4.69) is 9.97 Å². The maximum atomic E-state index is 9.73. The van der Waals surface area contributed by atoms with Crippen molar-refractivity contribution in [2.75, 3.05) is 0 Å². The minimum absolute atomic E-state index is 0.312. The Labute approximate surface area is 104 Å². The molecule has 88 valence electrons. The molecule has 0 spiro atoms. The van der Waals surface area contributed by atoms with E-state index >= 15 is 0 Å². The van der Waals surface area contributed by atoms with E-state index in [-0.39, 0.29) is 6.10 Å². The molecular weight excluding hydrogens is 238 g/mol. The number of halogens is 1. The van der Waals surface area contributed by atoms with Gasteiger partial charge >= 0.3 is 0 Å². The minimum Gasteiger partial charge on any atom is -0.391 e. The molecule has 2 aromatic heterocycles. The second kappa shape index (κ2) is 4.13. The van der Waals surface area contributed by atoms with Crippen LogP contribution in [-0.2, 0) is 13.0 Å². The summed E-state index contributed by atoms with van der Waals surface area (Å²) in [6.45, 7) is 0.562. The van der Waals surface area contributed by atoms with Crippen molar-refractivity contribution in [1.82, 2.24) is 14.5 Å². The number of fused-ring (bicyclic) bond motifs is 1. The number of pyridine rings is 1. The summed E-state index contributed by atoms with van der Waals surface area (Å²) in [5.41, 5.74) is 1.99. The van der Waals surface area contributed by atoms with E-state index in [1.807, 2.05) is 16.7 Å². The van der Waals surface area contributed by atoms with Crippen LogP contribution in [0.3, 0.4) is 0 Å². The number of rotatable bonds is 1. The van der Waals surface area contributed by atoms with Crippen LogP contribution < -0.4 is 0 Å². The third kappa shape index (κ3) is 1.83. The Morgan fingerprint density at radius 2 is 2.12 bits per heavy atom. The molecule has 4 nitrogen and oxygen atoms in total. The van der Waals surface area contributed by atoms with Crippen LogP contribution in [0, 0.1) is 0 Å². The highest BCUT2D eigenvalue weighted by atomic mass is 35.5. The fourth-order valence-corrected chi connectivity index (χ4v) is 2.50. The zero-order chi connectivity index (χ0) is 11.8. The fourth-order valence-electron chi connectivity index (χ4n) is 2.22. The van der Waals surface area contributed by atoms with Crippen LogP contribution in [0.4, 0.5) is 0 Å². The van der Waals surface area contributed by atoms with Gasteiger partial charge in [-0.05, 0) is 25.0 Å². The van der Waals surface area contributed by atoms with Gasteiger partial charge in [0.05, 0.1) is 18.3 Å². The van der Waals surface area contributed by atoms with Crippen molar-refractivity contribution in [3.8, 4) is 11.4 Å². The molecule has 3 rings (SSSR count). The van der Waals surface area contributed by atoms with Crippen LogP contribution in [0.2, 0.25) is 5.15 Å². The molecule has 0 saturated heterocycles. The van der Waals surface area contributed by atoms with E-state index in [4.69, 9.17) is 11.6 Å². The standard InChI is InChI=1S/C12H12ClN3O/c13-11-10-2-1-9(17)7-16(10)12(15-11)8-3-5-14-6-4-8/h3-6,9,17H,1-2,7H2. The van der Waals surface area contributed by atoms with E-state index in [1.165, 1.54) is 0 Å². The third-order valence-electron chi connectivity index (χ3n) is 3.07. The van der Waals surface area contributed by atoms with E-state index in [9.17, 15) is 5.11 Å². The number of imidazole rings is 1. The lowest BCUT2D eigenvalue weighted by Crippen LogP contribution is -2.24. The molecule has 2 aromatic rings. The molecule has 1 N–H and O–H groups in total. The molecule has 1 aliphatic rings. The van der Waals surface area contributed by atoms with Crippen LogP contribution >= 0.6 is 11.6 Å². The summed E-state index contributed by atoms with van der Waals surface area (Å²) in [7, 11) is 0. The molecule has 0 aliphatic carbocycles. The molecule has 5 heteroatoms. The Balaban J connectivity index is 2.13. The number of aromatic nitrogens is 3. The average Bonchev–Trinajstić information content (AvgIpc) is 2.67. The van der Waals surface area contributed by atoms with Gasteiger partial charge < -0.3 is 9.67 Å². The lowest BCUT2D eigenvalue weighted by molar-refractivity contribution is 0.132. The normalized spacial score (nSPS) is 19.1. The summed E-state index contributed by atoms with van der Waals surface area (Å²) in [6, 6.07) is 3.79. The lowest BCUT2D eigenvalue weighted by atomic mass is 10.1. The van der Waals surface area contributed by atoms with Crippen molar-refractivity contribution in [2.45, 2.75) is 25.5 Å². The molecule has 0 saturated carbocycles. The Kier molecular flexibility index (Phi) is 2.61. The topological polar surface area (TPSA) is 50.9 Å². The lowest BCUT2D eigenvalue weighted by Gasteiger charge is -2.21. The Morgan fingerprint density at radius 3 is 2.88 bits per heavy atom. The molecule has 0 aromatic carbocycles. The average molecular weight is 250 g/mol. The molecule has 1 atom stereocenters. The van der Waals surface area contributed by atoms with Gasteiger partial charge in [0.2, 0.25) is 0 Å². The first-order chi connectivity index (χ1) is 8.25. The molecule has 3 heterocycles. The summed E-state index contributed by atoms with van der Waals surface area (Å²) in [6.07, 6.45) is 4.67. The third-order valence-corrected chi connectivity index (χ3v) is 3.37. The van der Waals surface area contributed by atoms with Gasteiger partial charge in [-0.2, -0.15) is 0 Å². The molecule has 17 heavy (non-hydrogen) atoms. The van der Waals surface area contributed by atoms with E-state index in [0.29, 0.717) is 11.7 Å². The highest BCUT2D eigenvalue weighted by molar-refractivity contribution is 6.30. The van der Waals surface area contributed by atoms with Crippen LogP contribution in [-0.4, -0.2) is 25.7 Å². The van der Waals surface area contributed by atoms with E-state index in [1.54, 1.807) is 12.4 Å². The van der Waals surface area contributed by atoms with Gasteiger partial charge in [0.1, 0.15) is 5.82 Å². The molecule has 0 amide bonds. The smallest absolute Gasteiger partial charge is 0.150 e. The SMILES string of the molecule is OC1CCc2c(Cl)nc(-c3ccncc3)n2C1. The molecule has 0 fully saturated rings. The molecule has 1 aliphatic heterocycles. The molecule has 1 unspecified atom stereocenters. The Morgan fingerprint density at radius 1 is 1.35 bits per heavy atom. The second-order valence-electron chi connectivity index (χ2n) is 4.21. The van der Waals surface area contributed by atoms with Crippen molar-refractivity contribution in [3.05, 3.63) is 35.4 Å². The van der Waals surface area contributed by atoms with Gasteiger partial charge in [0.15, 0.2) is 5.15 Å². The maximum absolute atomic E-state index is 9.73. The van der Waals surface area contributed by atoms with Gasteiger partial charge in [-0.1, -0.05) is 11.6 Å². The van der Waals surface area contributed by atoms with Crippen molar-refractivity contribution < 1.29 is 5.11 Å². The quantitative estimate of drug-likeness (QED) is 0.840. The highest BCUT2D eigenvalue weighted by Gasteiger charge is 2.23. The summed E-state index contributed by atoms with van der Waals surface area (Å²) in [5.74, 6) is 0.811. The van der Waals surface area contributed by atoms with Gasteiger partial charge in [0, 0.05) is 18.0 Å². The minimum atomic E-state index is -0.312. The van der Waals surface area contributed by atoms with Crippen LogP contribution in [0.15, 0.2) is 24.5 Å². The largest absolute Gasteiger partial charge is 0.391 e. The van der Waals surface area contributed by atoms with Crippen LogP contribution in [0.1, 0.15) is 12.1 Å². The maximum Gasteiger partial charge on any atom is 0.150 e. The van der Waals surface area contributed by atoms with Crippen molar-refractivity contribution in [3.63, 3.8) is 0 Å². The van der Waals surface area contributed by atoms with Crippen LogP contribution in [0.5, 0.6) is 0 Å². The Hall–Kier alpha value is -1.39.